The van der Waals surface area contributed by atoms with Crippen molar-refractivity contribution in [2.24, 2.45) is 0 Å². The van der Waals surface area contributed by atoms with Crippen molar-refractivity contribution in [3.63, 3.8) is 0 Å². The number of rotatable bonds is 5. The van der Waals surface area contributed by atoms with E-state index in [1.807, 2.05) is 0 Å². The number of nitrogens with one attached hydrogen (secondary N) is 1. The van der Waals surface area contributed by atoms with Gasteiger partial charge in [0.2, 0.25) is 0 Å². The minimum absolute atomic E-state index is 0.474. The average molecular weight is 249 g/mol. The monoisotopic (exact) mass is 249 g/mol. The Hall–Kier alpha value is -0.470. The second-order valence-electron chi connectivity index (χ2n) is 4.86. The first-order chi connectivity index (χ1) is 8.29. The zero-order valence-corrected chi connectivity index (χ0v) is 11.7. The number of thioether (sulfide) groups is 1. The SMILES string of the molecule is CCc1ccc(C(C)NCC2CCCS2)cc1. The molecule has 0 saturated carbocycles. The fraction of sp³-hybridized carbons (Fsp3) is 0.600. The largest absolute Gasteiger partial charge is 0.309 e. The molecule has 0 aromatic heterocycles. The first-order valence-corrected chi connectivity index (χ1v) is 7.78. The summed E-state index contributed by atoms with van der Waals surface area (Å²) in [6.45, 7) is 5.62. The highest BCUT2D eigenvalue weighted by molar-refractivity contribution is 8.00. The van der Waals surface area contributed by atoms with Crippen molar-refractivity contribution in [3.8, 4) is 0 Å². The van der Waals surface area contributed by atoms with E-state index in [0.717, 1.165) is 18.2 Å². The van der Waals surface area contributed by atoms with Gasteiger partial charge in [0.25, 0.3) is 0 Å². The van der Waals surface area contributed by atoms with Crippen molar-refractivity contribution >= 4 is 11.8 Å². The lowest BCUT2D eigenvalue weighted by Crippen LogP contribution is -2.26. The van der Waals surface area contributed by atoms with E-state index >= 15 is 0 Å². The van der Waals surface area contributed by atoms with Crippen LogP contribution in [-0.2, 0) is 6.42 Å². The average Bonchev–Trinajstić information content (AvgIpc) is 2.89. The molecule has 0 spiro atoms. The molecule has 0 radical (unpaired) electrons. The smallest absolute Gasteiger partial charge is 0.0292 e. The van der Waals surface area contributed by atoms with Gasteiger partial charge in [-0.1, -0.05) is 31.2 Å². The summed E-state index contributed by atoms with van der Waals surface area (Å²) in [5.74, 6) is 1.35. The maximum absolute atomic E-state index is 3.66. The van der Waals surface area contributed by atoms with Crippen LogP contribution < -0.4 is 5.32 Å². The molecule has 94 valence electrons. The Bertz CT molecular complexity index is 327. The number of aryl methyl sites for hydroxylation is 1. The molecular weight excluding hydrogens is 226 g/mol. The first kappa shape index (κ1) is 13.0. The number of benzene rings is 1. The van der Waals surface area contributed by atoms with Gasteiger partial charge in [0.05, 0.1) is 0 Å². The zero-order chi connectivity index (χ0) is 12.1. The molecule has 2 atom stereocenters. The minimum Gasteiger partial charge on any atom is -0.309 e. The van der Waals surface area contributed by atoms with Crippen LogP contribution in [0.2, 0.25) is 0 Å². The second kappa shape index (κ2) is 6.46. The molecule has 2 unspecified atom stereocenters. The molecule has 0 aliphatic carbocycles. The van der Waals surface area contributed by atoms with Crippen molar-refractivity contribution < 1.29 is 0 Å². The summed E-state index contributed by atoms with van der Waals surface area (Å²) >= 11 is 2.12. The van der Waals surface area contributed by atoms with Gasteiger partial charge in [0.1, 0.15) is 0 Å². The molecule has 2 heteroatoms. The summed E-state index contributed by atoms with van der Waals surface area (Å²) in [6.07, 6.45) is 3.91. The van der Waals surface area contributed by atoms with Gasteiger partial charge >= 0.3 is 0 Å². The summed E-state index contributed by atoms with van der Waals surface area (Å²) in [5.41, 5.74) is 2.83. The van der Waals surface area contributed by atoms with E-state index in [-0.39, 0.29) is 0 Å². The van der Waals surface area contributed by atoms with E-state index in [9.17, 15) is 0 Å². The lowest BCUT2D eigenvalue weighted by atomic mass is 10.0. The van der Waals surface area contributed by atoms with E-state index in [4.69, 9.17) is 0 Å². The van der Waals surface area contributed by atoms with Gasteiger partial charge in [-0.25, -0.2) is 0 Å². The number of hydrogen-bond acceptors (Lipinski definition) is 2. The van der Waals surface area contributed by atoms with Crippen molar-refractivity contribution in [2.45, 2.75) is 44.4 Å². The third-order valence-corrected chi connectivity index (χ3v) is 4.96. The maximum atomic E-state index is 3.66. The minimum atomic E-state index is 0.474. The van der Waals surface area contributed by atoms with E-state index in [1.54, 1.807) is 0 Å². The molecular formula is C15H23NS. The third kappa shape index (κ3) is 3.75. The van der Waals surface area contributed by atoms with E-state index in [2.05, 4.69) is 55.2 Å². The van der Waals surface area contributed by atoms with Gasteiger partial charge in [0, 0.05) is 17.8 Å². The fourth-order valence-electron chi connectivity index (χ4n) is 2.27. The Balaban J connectivity index is 1.83. The van der Waals surface area contributed by atoms with Crippen LogP contribution in [-0.4, -0.2) is 17.5 Å². The summed E-state index contributed by atoms with van der Waals surface area (Å²) in [4.78, 5) is 0. The molecule has 1 fully saturated rings. The Morgan fingerprint density at radius 1 is 1.35 bits per heavy atom. The summed E-state index contributed by atoms with van der Waals surface area (Å²) in [5, 5.41) is 4.50. The van der Waals surface area contributed by atoms with Crippen LogP contribution >= 0.6 is 11.8 Å². The molecule has 1 saturated heterocycles. The van der Waals surface area contributed by atoms with Gasteiger partial charge in [-0.2, -0.15) is 11.8 Å². The van der Waals surface area contributed by atoms with Gasteiger partial charge in [-0.15, -0.1) is 0 Å². The first-order valence-electron chi connectivity index (χ1n) is 6.73. The highest BCUT2D eigenvalue weighted by Crippen LogP contribution is 2.26. The summed E-state index contributed by atoms with van der Waals surface area (Å²) in [7, 11) is 0. The molecule has 17 heavy (non-hydrogen) atoms. The van der Waals surface area contributed by atoms with E-state index < -0.39 is 0 Å². The van der Waals surface area contributed by atoms with Crippen molar-refractivity contribution in [3.05, 3.63) is 35.4 Å². The maximum Gasteiger partial charge on any atom is 0.0292 e. The van der Waals surface area contributed by atoms with E-state index in [1.165, 1.54) is 29.7 Å². The summed E-state index contributed by atoms with van der Waals surface area (Å²) < 4.78 is 0. The highest BCUT2D eigenvalue weighted by Gasteiger charge is 2.16. The summed E-state index contributed by atoms with van der Waals surface area (Å²) in [6, 6.07) is 9.49. The molecule has 0 bridgehead atoms. The van der Waals surface area contributed by atoms with Gasteiger partial charge in [-0.3, -0.25) is 0 Å². The molecule has 0 amide bonds. The topological polar surface area (TPSA) is 12.0 Å². The van der Waals surface area contributed by atoms with Crippen LogP contribution in [0, 0.1) is 0 Å². The quantitative estimate of drug-likeness (QED) is 0.852. The second-order valence-corrected chi connectivity index (χ2v) is 6.27. The van der Waals surface area contributed by atoms with Crippen LogP contribution in [0.25, 0.3) is 0 Å². The Morgan fingerprint density at radius 3 is 2.71 bits per heavy atom. The molecule has 1 aliphatic rings. The van der Waals surface area contributed by atoms with Crippen LogP contribution in [0.3, 0.4) is 0 Å². The van der Waals surface area contributed by atoms with Crippen LogP contribution in [0.5, 0.6) is 0 Å². The predicted octanol–water partition coefficient (Wildman–Crippen LogP) is 3.80. The van der Waals surface area contributed by atoms with Crippen molar-refractivity contribution in [1.82, 2.24) is 5.32 Å². The van der Waals surface area contributed by atoms with Crippen molar-refractivity contribution in [2.75, 3.05) is 12.3 Å². The Morgan fingerprint density at radius 2 is 2.12 bits per heavy atom. The van der Waals surface area contributed by atoms with Gasteiger partial charge < -0.3 is 5.32 Å². The standard InChI is InChI=1S/C15H23NS/c1-3-13-6-8-14(9-7-13)12(2)16-11-15-5-4-10-17-15/h6-9,12,15-16H,3-5,10-11H2,1-2H3. The van der Waals surface area contributed by atoms with Crippen LogP contribution in [0.4, 0.5) is 0 Å². The Labute approximate surface area is 109 Å². The molecule has 2 rings (SSSR count). The lowest BCUT2D eigenvalue weighted by Gasteiger charge is -2.17. The van der Waals surface area contributed by atoms with E-state index in [0.29, 0.717) is 6.04 Å². The Kier molecular flexibility index (Phi) is 4.93. The molecule has 1 aromatic carbocycles. The highest BCUT2D eigenvalue weighted by atomic mass is 32.2. The molecule has 1 N–H and O–H groups in total. The lowest BCUT2D eigenvalue weighted by molar-refractivity contribution is 0.559. The number of hydrogen-bond donors (Lipinski definition) is 1. The molecule has 1 aromatic rings. The van der Waals surface area contributed by atoms with Crippen LogP contribution in [0.1, 0.15) is 43.9 Å². The normalized spacial score (nSPS) is 21.6. The molecule has 1 nitrogen and oxygen atoms in total. The van der Waals surface area contributed by atoms with Crippen LogP contribution in [0.15, 0.2) is 24.3 Å². The van der Waals surface area contributed by atoms with Gasteiger partial charge in [-0.05, 0) is 43.1 Å². The zero-order valence-electron chi connectivity index (χ0n) is 10.9. The van der Waals surface area contributed by atoms with Gasteiger partial charge in [0.15, 0.2) is 0 Å². The fourth-order valence-corrected chi connectivity index (χ4v) is 3.49. The molecule has 1 heterocycles. The van der Waals surface area contributed by atoms with Crippen molar-refractivity contribution in [1.29, 1.82) is 0 Å². The molecule has 1 aliphatic heterocycles. The predicted molar refractivity (Wildman–Crippen MR) is 77.7 cm³/mol. The third-order valence-electron chi connectivity index (χ3n) is 3.56.